The van der Waals surface area contributed by atoms with Gasteiger partial charge in [-0.25, -0.2) is 24.7 Å². The first-order valence-corrected chi connectivity index (χ1v) is 11.3. The summed E-state index contributed by atoms with van der Waals surface area (Å²) < 4.78 is 34.9. The second-order valence-corrected chi connectivity index (χ2v) is 7.80. The molecular weight excluding hydrogens is 458 g/mol. The Bertz CT molecular complexity index is 1050. The maximum atomic E-state index is 14.7. The number of ether oxygens (including phenoxy) is 1. The van der Waals surface area contributed by atoms with Crippen molar-refractivity contribution in [2.75, 3.05) is 25.1 Å². The minimum atomic E-state index is -4.69. The molecule has 3 rings (SSSR count). The number of amidine groups is 1. The fourth-order valence-corrected chi connectivity index (χ4v) is 3.19. The number of halogens is 1. The number of hydrogen-bond donors (Lipinski definition) is 4. The summed E-state index contributed by atoms with van der Waals surface area (Å²) in [5, 5.41) is 4.87. The van der Waals surface area contributed by atoms with Crippen LogP contribution in [0.1, 0.15) is 19.5 Å². The Hall–Kier alpha value is -3.09. The first-order valence-electron chi connectivity index (χ1n) is 9.80. The third kappa shape index (κ3) is 7.20. The molecule has 0 saturated carbocycles. The fraction of sp³-hybridized carbons (Fsp3) is 0.316. The number of nitrogens with two attached hydrogens (primary N) is 2. The van der Waals surface area contributed by atoms with E-state index in [1.165, 1.54) is 25.4 Å². The zero-order valence-electron chi connectivity index (χ0n) is 18.3. The number of nitrogens with zero attached hydrogens (tertiary/aromatic N) is 4. The number of phosphoric ester groups is 1. The van der Waals surface area contributed by atoms with E-state index in [4.69, 9.17) is 26.1 Å². The van der Waals surface area contributed by atoms with E-state index in [0.717, 1.165) is 16.1 Å². The molecule has 1 amide bonds. The van der Waals surface area contributed by atoms with Crippen molar-refractivity contribution in [3.05, 3.63) is 48.0 Å². The second kappa shape index (κ2) is 11.2. The Morgan fingerprint density at radius 3 is 2.64 bits per heavy atom. The Morgan fingerprint density at radius 1 is 1.39 bits per heavy atom. The minimum absolute atomic E-state index is 0.0535. The summed E-state index contributed by atoms with van der Waals surface area (Å²) in [6.07, 6.45) is -0.261. The molecule has 1 aliphatic rings. The summed E-state index contributed by atoms with van der Waals surface area (Å²) in [7, 11) is -3.19. The maximum Gasteiger partial charge on any atom is 0.469 e. The normalized spacial score (nSPS) is 16.2. The molecule has 2 aromatic rings. The van der Waals surface area contributed by atoms with Crippen molar-refractivity contribution in [1.82, 2.24) is 10.1 Å². The summed E-state index contributed by atoms with van der Waals surface area (Å²) in [6, 6.07) is 7.31. The highest BCUT2D eigenvalue weighted by Gasteiger charge is 2.34. The summed E-state index contributed by atoms with van der Waals surface area (Å²) in [4.78, 5) is 34.8. The molecule has 14 heteroatoms. The Kier molecular flexibility index (Phi) is 8.85. The van der Waals surface area contributed by atoms with Crippen LogP contribution in [0.4, 0.5) is 14.9 Å². The molecule has 1 atom stereocenters. The summed E-state index contributed by atoms with van der Waals surface area (Å²) in [6.45, 7) is 3.46. The van der Waals surface area contributed by atoms with Crippen molar-refractivity contribution in [3.63, 3.8) is 0 Å². The van der Waals surface area contributed by atoms with E-state index in [9.17, 15) is 13.8 Å². The molecule has 1 unspecified atom stereocenters. The van der Waals surface area contributed by atoms with E-state index < -0.39 is 32.4 Å². The number of hydrazine groups is 1. The maximum absolute atomic E-state index is 14.7. The van der Waals surface area contributed by atoms with Crippen molar-refractivity contribution in [2.24, 2.45) is 16.7 Å². The van der Waals surface area contributed by atoms with Crippen LogP contribution in [-0.4, -0.2) is 58.1 Å². The molecular formula is C19H26FN6O6P. The van der Waals surface area contributed by atoms with Gasteiger partial charge in [-0.2, -0.15) is 0 Å². The van der Waals surface area contributed by atoms with Gasteiger partial charge in [0.2, 0.25) is 0 Å². The first-order chi connectivity index (χ1) is 15.5. The molecule has 1 aromatic carbocycles. The average Bonchev–Trinajstić information content (AvgIpc) is 3.13. The highest BCUT2D eigenvalue weighted by molar-refractivity contribution is 7.46. The van der Waals surface area contributed by atoms with Gasteiger partial charge in [-0.3, -0.25) is 14.4 Å². The molecule has 2 heterocycles. The lowest BCUT2D eigenvalue weighted by molar-refractivity contribution is 0.0880. The molecule has 0 bridgehead atoms. The third-order valence-corrected chi connectivity index (χ3v) is 4.65. The van der Waals surface area contributed by atoms with Gasteiger partial charge >= 0.3 is 13.9 Å². The number of carbonyl (C=O) groups is 1. The van der Waals surface area contributed by atoms with Crippen LogP contribution in [0.25, 0.3) is 11.1 Å². The molecule has 1 aromatic heterocycles. The molecule has 12 nitrogen and oxygen atoms in total. The number of hydrogen-bond acceptors (Lipinski definition) is 8. The number of anilines is 1. The van der Waals surface area contributed by atoms with E-state index >= 15 is 0 Å². The smallest absolute Gasteiger partial charge is 0.441 e. The van der Waals surface area contributed by atoms with Crippen molar-refractivity contribution in [1.29, 1.82) is 0 Å². The third-order valence-electron chi connectivity index (χ3n) is 4.17. The van der Waals surface area contributed by atoms with Crippen molar-refractivity contribution < 1.29 is 32.8 Å². The lowest BCUT2D eigenvalue weighted by Crippen LogP contribution is -2.26. The van der Waals surface area contributed by atoms with E-state index in [-0.39, 0.29) is 23.6 Å². The van der Waals surface area contributed by atoms with Crippen molar-refractivity contribution in [2.45, 2.75) is 20.0 Å². The molecule has 1 aliphatic heterocycles. The van der Waals surface area contributed by atoms with Gasteiger partial charge in [0.05, 0.1) is 18.8 Å². The van der Waals surface area contributed by atoms with Gasteiger partial charge in [0.1, 0.15) is 17.6 Å². The van der Waals surface area contributed by atoms with Crippen LogP contribution in [0.2, 0.25) is 0 Å². The monoisotopic (exact) mass is 484 g/mol. The van der Waals surface area contributed by atoms with Crippen LogP contribution in [-0.2, 0) is 13.8 Å². The molecule has 33 heavy (non-hydrogen) atoms. The first kappa shape index (κ1) is 26.2. The molecule has 0 radical (unpaired) electrons. The lowest BCUT2D eigenvalue weighted by atomic mass is 10.1. The number of hydrazone groups is 1. The van der Waals surface area contributed by atoms with E-state index in [0.29, 0.717) is 11.3 Å². The fourth-order valence-electron chi connectivity index (χ4n) is 2.83. The Balaban J connectivity index is 0.00000187. The van der Waals surface area contributed by atoms with Gasteiger partial charge in [0.15, 0.2) is 5.84 Å². The van der Waals surface area contributed by atoms with Gasteiger partial charge in [0, 0.05) is 24.4 Å². The van der Waals surface area contributed by atoms with Crippen LogP contribution in [0.15, 0.2) is 41.6 Å². The number of benzene rings is 1. The summed E-state index contributed by atoms with van der Waals surface area (Å²) in [5.74, 6) is 4.88. The van der Waals surface area contributed by atoms with Crippen molar-refractivity contribution in [3.8, 4) is 11.1 Å². The van der Waals surface area contributed by atoms with Crippen LogP contribution in [0.3, 0.4) is 0 Å². The molecule has 0 aliphatic carbocycles. The highest BCUT2D eigenvalue weighted by Crippen LogP contribution is 2.36. The number of cyclic esters (lactones) is 1. The molecule has 1 fully saturated rings. The number of amides is 1. The van der Waals surface area contributed by atoms with Crippen molar-refractivity contribution >= 4 is 25.4 Å². The molecule has 1 saturated heterocycles. The molecule has 0 spiro atoms. The quantitative estimate of drug-likeness (QED) is 0.149. The van der Waals surface area contributed by atoms with E-state index in [1.54, 1.807) is 12.1 Å². The highest BCUT2D eigenvalue weighted by atomic mass is 31.2. The van der Waals surface area contributed by atoms with Gasteiger partial charge in [-0.1, -0.05) is 19.9 Å². The van der Waals surface area contributed by atoms with Gasteiger partial charge in [0.25, 0.3) is 0 Å². The lowest BCUT2D eigenvalue weighted by Gasteiger charge is -2.14. The second-order valence-electron chi connectivity index (χ2n) is 6.56. The van der Waals surface area contributed by atoms with Gasteiger partial charge in [-0.15, -0.1) is 5.10 Å². The van der Waals surface area contributed by atoms with Crippen LogP contribution < -0.4 is 16.5 Å². The average molecular weight is 484 g/mol. The number of pyridine rings is 1. The summed E-state index contributed by atoms with van der Waals surface area (Å²) >= 11 is 0. The minimum Gasteiger partial charge on any atom is -0.441 e. The van der Waals surface area contributed by atoms with Gasteiger partial charge < -0.3 is 20.3 Å². The number of rotatable bonds is 7. The molecule has 6 N–H and O–H groups in total. The zero-order valence-corrected chi connectivity index (χ0v) is 19.1. The standard InChI is InChI=1S/C17H20FN6O6P.C2H6/c1-23(20)22-16(19)15-5-2-10(7-21-15)13-4-3-11(6-14(13)18)24-8-12(30-17(24)25)9-29-31(26,27)28;1-2/h2-7,12H,8-9,20H2,1H3,(H2,19,22)(H2,26,27,28);1-2H3. The SMILES string of the molecule is CC.CN(N)/N=C(\N)c1ccc(-c2ccc(N3CC(COP(=O)(O)O)OC3=O)cc2F)cn1. The van der Waals surface area contributed by atoms with Crippen LogP contribution in [0, 0.1) is 5.82 Å². The van der Waals surface area contributed by atoms with E-state index in [2.05, 4.69) is 14.6 Å². The largest absolute Gasteiger partial charge is 0.469 e. The van der Waals surface area contributed by atoms with Crippen LogP contribution >= 0.6 is 7.82 Å². The Labute approximate surface area is 189 Å². The Morgan fingerprint density at radius 2 is 2.09 bits per heavy atom. The summed E-state index contributed by atoms with van der Waals surface area (Å²) in [5.41, 5.74) is 7.06. The predicted octanol–water partition coefficient (Wildman–Crippen LogP) is 1.77. The number of carbonyl (C=O) groups excluding carboxylic acids is 1. The predicted molar refractivity (Wildman–Crippen MR) is 119 cm³/mol. The number of phosphoric acid groups is 1. The van der Waals surface area contributed by atoms with Crippen LogP contribution in [0.5, 0.6) is 0 Å². The van der Waals surface area contributed by atoms with E-state index in [1.807, 2.05) is 13.8 Å². The zero-order chi connectivity index (χ0) is 24.8. The number of aromatic nitrogens is 1. The topological polar surface area (TPSA) is 177 Å². The molecule has 180 valence electrons. The van der Waals surface area contributed by atoms with Gasteiger partial charge in [-0.05, 0) is 24.3 Å².